The molecule has 88 valence electrons. The van der Waals surface area contributed by atoms with Gasteiger partial charge in [-0.1, -0.05) is 18.2 Å². The van der Waals surface area contributed by atoms with Gasteiger partial charge in [0.1, 0.15) is 7.11 Å². The second-order valence-corrected chi connectivity index (χ2v) is 3.65. The maximum absolute atomic E-state index is 11.8. The summed E-state index contributed by atoms with van der Waals surface area (Å²) in [6.45, 7) is 1.71. The van der Waals surface area contributed by atoms with Crippen LogP contribution in [0.3, 0.4) is 0 Å². The summed E-state index contributed by atoms with van der Waals surface area (Å²) in [5, 5.41) is 0.663. The van der Waals surface area contributed by atoms with E-state index in [9.17, 15) is 9.59 Å². The molecule has 1 heterocycles. The highest BCUT2D eigenvalue weighted by atomic mass is 16.6. The van der Waals surface area contributed by atoms with E-state index in [0.717, 1.165) is 5.52 Å². The van der Waals surface area contributed by atoms with Crippen molar-refractivity contribution in [3.05, 3.63) is 35.5 Å². The fourth-order valence-electron chi connectivity index (χ4n) is 1.98. The van der Waals surface area contributed by atoms with E-state index < -0.39 is 11.7 Å². The molecule has 2 aromatic rings. The van der Waals surface area contributed by atoms with Crippen LogP contribution in [0.4, 0.5) is 0 Å². The predicted molar refractivity (Wildman–Crippen MR) is 62.7 cm³/mol. The Balaban J connectivity index is 2.83. The van der Waals surface area contributed by atoms with Gasteiger partial charge in [-0.3, -0.25) is 9.59 Å². The Labute approximate surface area is 97.7 Å². The van der Waals surface area contributed by atoms with E-state index >= 15 is 0 Å². The van der Waals surface area contributed by atoms with Crippen LogP contribution in [0, 0.1) is 6.92 Å². The lowest BCUT2D eigenvalue weighted by Gasteiger charge is -2.04. The summed E-state index contributed by atoms with van der Waals surface area (Å²) in [6, 6.07) is 7.19. The number of rotatable bonds is 3. The van der Waals surface area contributed by atoms with Gasteiger partial charge in [-0.25, -0.2) is 0 Å². The van der Waals surface area contributed by atoms with E-state index in [2.05, 4.69) is 0 Å². The lowest BCUT2D eigenvalue weighted by Crippen LogP contribution is -2.24. The summed E-state index contributed by atoms with van der Waals surface area (Å²) in [4.78, 5) is 28.0. The van der Waals surface area contributed by atoms with Crippen LogP contribution < -0.4 is 10.6 Å². The number of aromatic nitrogens is 1. The molecule has 0 aliphatic carbocycles. The van der Waals surface area contributed by atoms with E-state index in [0.29, 0.717) is 16.6 Å². The van der Waals surface area contributed by atoms with Crippen molar-refractivity contribution in [1.82, 2.24) is 4.73 Å². The maximum atomic E-state index is 11.8. The first-order chi connectivity index (χ1) is 8.07. The highest BCUT2D eigenvalue weighted by Gasteiger charge is 2.23. The number of fused-ring (bicyclic) bond motifs is 1. The Morgan fingerprint density at radius 1 is 1.29 bits per heavy atom. The van der Waals surface area contributed by atoms with Crippen molar-refractivity contribution in [3.8, 4) is 0 Å². The molecule has 17 heavy (non-hydrogen) atoms. The van der Waals surface area contributed by atoms with Gasteiger partial charge < -0.3 is 10.6 Å². The van der Waals surface area contributed by atoms with Crippen LogP contribution in [0.2, 0.25) is 0 Å². The van der Waals surface area contributed by atoms with Crippen LogP contribution in [-0.4, -0.2) is 23.5 Å². The minimum Gasteiger partial charge on any atom is -0.417 e. The smallest absolute Gasteiger partial charge is 0.289 e. The number of ketones is 1. The van der Waals surface area contributed by atoms with Crippen molar-refractivity contribution in [2.45, 2.75) is 6.92 Å². The number of amides is 1. The highest BCUT2D eigenvalue weighted by Crippen LogP contribution is 2.25. The fraction of sp³-hybridized carbons (Fsp3) is 0.167. The molecule has 0 fully saturated rings. The molecule has 5 nitrogen and oxygen atoms in total. The summed E-state index contributed by atoms with van der Waals surface area (Å²) in [6.07, 6.45) is 0. The molecule has 0 aliphatic heterocycles. The van der Waals surface area contributed by atoms with Gasteiger partial charge in [0.15, 0.2) is 0 Å². The maximum Gasteiger partial charge on any atom is 0.289 e. The number of nitrogens with two attached hydrogens (primary N) is 1. The third kappa shape index (κ3) is 1.56. The predicted octanol–water partition coefficient (Wildman–Crippen LogP) is 0.676. The molecule has 0 atom stereocenters. The van der Waals surface area contributed by atoms with Crippen LogP contribution >= 0.6 is 0 Å². The minimum absolute atomic E-state index is 0.301. The van der Waals surface area contributed by atoms with Crippen LogP contribution in [-0.2, 0) is 4.79 Å². The highest BCUT2D eigenvalue weighted by molar-refractivity contribution is 6.44. The topological polar surface area (TPSA) is 74.3 Å². The number of primary amides is 1. The van der Waals surface area contributed by atoms with E-state index in [1.54, 1.807) is 19.1 Å². The van der Waals surface area contributed by atoms with Crippen molar-refractivity contribution >= 4 is 22.6 Å². The monoisotopic (exact) mass is 232 g/mol. The molecule has 0 bridgehead atoms. The zero-order chi connectivity index (χ0) is 12.6. The average molecular weight is 232 g/mol. The van der Waals surface area contributed by atoms with Crippen molar-refractivity contribution in [2.75, 3.05) is 7.11 Å². The van der Waals surface area contributed by atoms with Gasteiger partial charge in [0.2, 0.25) is 0 Å². The van der Waals surface area contributed by atoms with E-state index in [1.165, 1.54) is 11.8 Å². The molecule has 0 spiro atoms. The molecule has 2 N–H and O–H groups in total. The van der Waals surface area contributed by atoms with Crippen LogP contribution in [0.5, 0.6) is 0 Å². The SMILES string of the molecule is COn1c(C)c(C(=O)C(N)=O)c2ccccc21. The first-order valence-electron chi connectivity index (χ1n) is 5.06. The van der Waals surface area contributed by atoms with Gasteiger partial charge in [-0.05, 0) is 13.0 Å². The third-order valence-corrected chi connectivity index (χ3v) is 2.69. The molecule has 1 aromatic carbocycles. The molecule has 0 unspecified atom stereocenters. The Hall–Kier alpha value is -2.30. The number of Topliss-reactive ketones (excluding diaryl/α,β-unsaturated/α-hetero) is 1. The molecule has 5 heteroatoms. The van der Waals surface area contributed by atoms with Crippen molar-refractivity contribution in [3.63, 3.8) is 0 Å². The van der Waals surface area contributed by atoms with E-state index in [-0.39, 0.29) is 0 Å². The van der Waals surface area contributed by atoms with E-state index in [1.807, 2.05) is 12.1 Å². The lowest BCUT2D eigenvalue weighted by molar-refractivity contribution is -0.114. The van der Waals surface area contributed by atoms with Gasteiger partial charge in [0.25, 0.3) is 11.7 Å². The standard InChI is InChI=1S/C12H12N2O3/c1-7-10(11(15)12(13)16)8-5-3-4-6-9(8)14(7)17-2/h3-6H,1-2H3,(H2,13,16). The second-order valence-electron chi connectivity index (χ2n) is 3.65. The number of carbonyl (C=O) groups excluding carboxylic acids is 2. The largest absolute Gasteiger partial charge is 0.417 e. The number of benzene rings is 1. The quantitative estimate of drug-likeness (QED) is 0.624. The molecule has 1 amide bonds. The number of hydrogen-bond acceptors (Lipinski definition) is 3. The van der Waals surface area contributed by atoms with Crippen molar-refractivity contribution in [1.29, 1.82) is 0 Å². The summed E-state index contributed by atoms with van der Waals surface area (Å²) >= 11 is 0. The van der Waals surface area contributed by atoms with Crippen LogP contribution in [0.15, 0.2) is 24.3 Å². The summed E-state index contributed by atoms with van der Waals surface area (Å²) in [5.41, 5.74) is 6.64. The summed E-state index contributed by atoms with van der Waals surface area (Å²) in [5.74, 6) is -1.67. The number of para-hydroxylation sites is 1. The zero-order valence-corrected chi connectivity index (χ0v) is 9.56. The lowest BCUT2D eigenvalue weighted by atomic mass is 10.1. The Morgan fingerprint density at radius 2 is 1.94 bits per heavy atom. The van der Waals surface area contributed by atoms with Gasteiger partial charge in [-0.15, -0.1) is 0 Å². The summed E-state index contributed by atoms with van der Waals surface area (Å²) in [7, 11) is 1.50. The number of hydrogen-bond donors (Lipinski definition) is 1. The van der Waals surface area contributed by atoms with Gasteiger partial charge in [-0.2, -0.15) is 4.73 Å². The van der Waals surface area contributed by atoms with Crippen LogP contribution in [0.25, 0.3) is 10.9 Å². The normalized spacial score (nSPS) is 10.5. The van der Waals surface area contributed by atoms with Crippen molar-refractivity contribution < 1.29 is 14.4 Å². The molecule has 2 rings (SSSR count). The third-order valence-electron chi connectivity index (χ3n) is 2.69. The van der Waals surface area contributed by atoms with Crippen LogP contribution in [0.1, 0.15) is 16.1 Å². The van der Waals surface area contributed by atoms with Gasteiger partial charge >= 0.3 is 0 Å². The van der Waals surface area contributed by atoms with E-state index in [4.69, 9.17) is 10.6 Å². The summed E-state index contributed by atoms with van der Waals surface area (Å²) < 4.78 is 1.51. The first-order valence-corrected chi connectivity index (χ1v) is 5.06. The second kappa shape index (κ2) is 3.93. The molecule has 0 radical (unpaired) electrons. The van der Waals surface area contributed by atoms with Crippen molar-refractivity contribution in [2.24, 2.45) is 5.73 Å². The zero-order valence-electron chi connectivity index (χ0n) is 9.56. The Bertz CT molecular complexity index is 613. The average Bonchev–Trinajstić information content (AvgIpc) is 2.59. The fourth-order valence-corrected chi connectivity index (χ4v) is 1.98. The number of carbonyl (C=O) groups is 2. The Kier molecular flexibility index (Phi) is 2.59. The minimum atomic E-state index is -0.966. The molecular formula is C12H12N2O3. The molecular weight excluding hydrogens is 220 g/mol. The molecule has 1 aromatic heterocycles. The van der Waals surface area contributed by atoms with Gasteiger partial charge in [0, 0.05) is 5.39 Å². The van der Waals surface area contributed by atoms with Gasteiger partial charge in [0.05, 0.1) is 16.8 Å². The molecule has 0 aliphatic rings. The Morgan fingerprint density at radius 3 is 2.53 bits per heavy atom. The molecule has 0 saturated carbocycles. The first kappa shape index (κ1) is 11.2. The molecule has 0 saturated heterocycles. The number of nitrogens with zero attached hydrogens (tertiary/aromatic N) is 1.